The van der Waals surface area contributed by atoms with Gasteiger partial charge in [-0.1, -0.05) is 0 Å². The zero-order valence-electron chi connectivity index (χ0n) is 18.2. The second-order valence-corrected chi connectivity index (χ2v) is 8.58. The molecule has 2 aromatic carbocycles. The Morgan fingerprint density at radius 2 is 1.84 bits per heavy atom. The molecule has 0 radical (unpaired) electrons. The summed E-state index contributed by atoms with van der Waals surface area (Å²) in [5.74, 6) is -0.752. The van der Waals surface area contributed by atoms with Crippen LogP contribution in [0, 0.1) is 6.92 Å². The lowest BCUT2D eigenvalue weighted by Gasteiger charge is -2.33. The normalized spacial score (nSPS) is 19.7. The molecule has 1 amide bonds. The first-order valence-electron chi connectivity index (χ1n) is 10.6. The molecule has 1 aliphatic carbocycles. The van der Waals surface area contributed by atoms with Crippen molar-refractivity contribution in [2.45, 2.75) is 44.7 Å². The molecule has 1 fully saturated rings. The number of hydrogen-bond acceptors (Lipinski definition) is 7. The lowest BCUT2D eigenvalue weighted by molar-refractivity contribution is 0.0917. The number of nitrogens with one attached hydrogen (secondary N) is 2. The van der Waals surface area contributed by atoms with Crippen LogP contribution in [0.25, 0.3) is 28.3 Å². The van der Waals surface area contributed by atoms with E-state index in [1.807, 2.05) is 0 Å². The minimum atomic E-state index is -0.526. The Morgan fingerprint density at radius 3 is 2.47 bits per heavy atom. The summed E-state index contributed by atoms with van der Waals surface area (Å²) in [5.41, 5.74) is -0.674. The number of phenols is 1. The Kier molecular flexibility index (Phi) is 5.60. The topological polar surface area (TPSA) is 136 Å². The van der Waals surface area contributed by atoms with Crippen LogP contribution in [-0.4, -0.2) is 57.2 Å². The van der Waals surface area contributed by atoms with Gasteiger partial charge in [-0.15, -0.1) is 0 Å². The van der Waals surface area contributed by atoms with Crippen molar-refractivity contribution in [3.63, 3.8) is 0 Å². The number of carbonyl (C=O) groups excluding carboxylic acids is 1. The molecule has 4 N–H and O–H groups in total. The van der Waals surface area contributed by atoms with E-state index in [2.05, 4.69) is 34.3 Å². The molecule has 0 aliphatic heterocycles. The predicted octanol–water partition coefficient (Wildman–Crippen LogP) is 1.07. The quantitative estimate of drug-likeness (QED) is 0.449. The first-order valence-corrected chi connectivity index (χ1v) is 10.6. The molecule has 1 heterocycles. The molecule has 0 spiro atoms. The van der Waals surface area contributed by atoms with Gasteiger partial charge < -0.3 is 25.4 Å². The van der Waals surface area contributed by atoms with E-state index in [0.29, 0.717) is 12.3 Å². The van der Waals surface area contributed by atoms with Crippen molar-refractivity contribution in [1.82, 2.24) is 20.2 Å². The third-order valence-corrected chi connectivity index (χ3v) is 6.42. The number of aromatic amines is 1. The van der Waals surface area contributed by atoms with Crippen molar-refractivity contribution in [3.8, 4) is 5.75 Å². The van der Waals surface area contributed by atoms with Crippen molar-refractivity contribution in [1.29, 1.82) is 0 Å². The highest BCUT2D eigenvalue weighted by Gasteiger charge is 2.25. The summed E-state index contributed by atoms with van der Waals surface area (Å²) in [7, 11) is 4.11. The summed E-state index contributed by atoms with van der Waals surface area (Å²) in [4.78, 5) is 47.6. The van der Waals surface area contributed by atoms with Crippen molar-refractivity contribution in [2.75, 3.05) is 14.1 Å². The summed E-state index contributed by atoms with van der Waals surface area (Å²) in [6.07, 6.45) is 4.33. The zero-order chi connectivity index (χ0) is 23.2. The van der Waals surface area contributed by atoms with Crippen molar-refractivity contribution in [3.05, 3.63) is 48.9 Å². The number of fused-ring (bicyclic) bond motifs is 2. The first kappa shape index (κ1) is 21.8. The lowest BCUT2D eigenvalue weighted by atomic mass is 9.90. The number of aliphatic hydroxyl groups excluding tert-OH is 1. The van der Waals surface area contributed by atoms with E-state index in [1.54, 1.807) is 0 Å². The average Bonchev–Trinajstić information content (AvgIpc) is 2.78. The van der Waals surface area contributed by atoms with E-state index in [4.69, 9.17) is 0 Å². The van der Waals surface area contributed by atoms with Crippen LogP contribution in [0.1, 0.15) is 41.6 Å². The van der Waals surface area contributed by atoms with Crippen LogP contribution in [0.5, 0.6) is 5.75 Å². The number of aromatic nitrogens is 2. The van der Waals surface area contributed by atoms with Gasteiger partial charge in [0, 0.05) is 17.6 Å². The van der Waals surface area contributed by atoms with Crippen molar-refractivity contribution < 1.29 is 15.0 Å². The van der Waals surface area contributed by atoms with Crippen LogP contribution in [0.4, 0.5) is 0 Å². The molecule has 1 aliphatic rings. The summed E-state index contributed by atoms with van der Waals surface area (Å²) in [5, 5.41) is 22.7. The maximum atomic E-state index is 13.1. The van der Waals surface area contributed by atoms with Crippen LogP contribution in [0.2, 0.25) is 0 Å². The molecule has 0 atom stereocenters. The Hall–Kier alpha value is -3.46. The minimum absolute atomic E-state index is 0.000703. The predicted molar refractivity (Wildman–Crippen MR) is 122 cm³/mol. The monoisotopic (exact) mass is 438 g/mol. The van der Waals surface area contributed by atoms with Gasteiger partial charge >= 0.3 is 0 Å². The molecule has 168 valence electrons. The van der Waals surface area contributed by atoms with Gasteiger partial charge in [-0.05, 0) is 58.8 Å². The van der Waals surface area contributed by atoms with Crippen molar-refractivity contribution >= 4 is 34.2 Å². The van der Waals surface area contributed by atoms with Crippen LogP contribution in [0.15, 0.2) is 21.7 Å². The van der Waals surface area contributed by atoms with E-state index < -0.39 is 16.6 Å². The Balaban J connectivity index is 1.80. The standard InChI is InChI=1S/C23H26N4O5/c1-11-21(30)15(10-28)18-20(22(11)31)26-17-14(8-9-16(29)19(17)25-18)23(32)24-12-4-6-13(7-5-12)27(2)3/h8-10,12-13,26,28,30H,4-7H2,1-3H3,(H,24,32). The number of aliphatic hydroxyl groups is 1. The van der Waals surface area contributed by atoms with Gasteiger partial charge in [-0.25, -0.2) is 4.98 Å². The highest BCUT2D eigenvalue weighted by molar-refractivity contribution is 6.06. The molecule has 32 heavy (non-hydrogen) atoms. The van der Waals surface area contributed by atoms with Crippen LogP contribution in [-0.2, 0) is 0 Å². The summed E-state index contributed by atoms with van der Waals surface area (Å²) < 4.78 is 0. The van der Waals surface area contributed by atoms with Crippen molar-refractivity contribution in [2.24, 2.45) is 0 Å². The molecule has 3 aromatic rings. The van der Waals surface area contributed by atoms with E-state index in [-0.39, 0.29) is 50.4 Å². The van der Waals surface area contributed by atoms with Gasteiger partial charge in [-0.2, -0.15) is 0 Å². The van der Waals surface area contributed by atoms with Gasteiger partial charge in [-0.3, -0.25) is 14.4 Å². The van der Waals surface area contributed by atoms with E-state index in [0.717, 1.165) is 25.7 Å². The molecule has 1 saturated carbocycles. The SMILES string of the molecule is Cc1c(O)c(=CO)c2nc3c(=O)ccc(C(=O)NC4CCC(N(C)C)CC4)c3[nH]c2c1=O. The fraction of sp³-hybridized carbons (Fsp3) is 0.391. The molecule has 4 rings (SSSR count). The molecule has 0 bridgehead atoms. The number of amides is 1. The number of hydrogen-bond donors (Lipinski definition) is 4. The number of benzene rings is 2. The number of phenolic OH excluding ortho intramolecular Hbond substituents is 1. The fourth-order valence-corrected chi connectivity index (χ4v) is 4.44. The molecule has 0 unspecified atom stereocenters. The Morgan fingerprint density at radius 1 is 1.16 bits per heavy atom. The van der Waals surface area contributed by atoms with Gasteiger partial charge in [0.15, 0.2) is 0 Å². The van der Waals surface area contributed by atoms with E-state index in [1.165, 1.54) is 19.1 Å². The molecule has 0 saturated heterocycles. The zero-order valence-corrected chi connectivity index (χ0v) is 18.2. The van der Waals surface area contributed by atoms with Gasteiger partial charge in [0.1, 0.15) is 22.3 Å². The molecular weight excluding hydrogens is 412 g/mol. The second-order valence-electron chi connectivity index (χ2n) is 8.58. The maximum Gasteiger partial charge on any atom is 0.253 e. The van der Waals surface area contributed by atoms with E-state index >= 15 is 0 Å². The smallest absolute Gasteiger partial charge is 0.253 e. The largest absolute Gasteiger partial charge is 0.515 e. The maximum absolute atomic E-state index is 13.1. The number of rotatable bonds is 3. The highest BCUT2D eigenvalue weighted by Crippen LogP contribution is 2.23. The third kappa shape index (κ3) is 3.58. The number of carbonyl (C=O) groups is 1. The number of nitrogens with zero attached hydrogens (tertiary/aromatic N) is 2. The van der Waals surface area contributed by atoms with E-state index in [9.17, 15) is 24.6 Å². The van der Waals surface area contributed by atoms with Crippen LogP contribution < -0.4 is 21.4 Å². The summed E-state index contributed by atoms with van der Waals surface area (Å²) in [6.45, 7) is 1.42. The van der Waals surface area contributed by atoms with Gasteiger partial charge in [0.2, 0.25) is 10.9 Å². The molecular formula is C23H26N4O5. The number of aromatic hydroxyl groups is 1. The fourth-order valence-electron chi connectivity index (χ4n) is 4.44. The highest BCUT2D eigenvalue weighted by atomic mass is 16.3. The molecule has 1 aromatic heterocycles. The van der Waals surface area contributed by atoms with Gasteiger partial charge in [0.05, 0.1) is 22.6 Å². The van der Waals surface area contributed by atoms with Gasteiger partial charge in [0.25, 0.3) is 5.91 Å². The Bertz CT molecular complexity index is 1390. The minimum Gasteiger partial charge on any atom is -0.515 e. The molecule has 9 heteroatoms. The first-order chi connectivity index (χ1) is 15.2. The second kappa shape index (κ2) is 8.23. The average molecular weight is 438 g/mol. The number of H-pyrrole nitrogens is 1. The lowest BCUT2D eigenvalue weighted by Crippen LogP contribution is -2.42. The summed E-state index contributed by atoms with van der Waals surface area (Å²) in [6, 6.07) is 3.20. The Labute approximate surface area is 183 Å². The molecule has 9 nitrogen and oxygen atoms in total. The van der Waals surface area contributed by atoms with Crippen LogP contribution >= 0.6 is 0 Å². The third-order valence-electron chi connectivity index (χ3n) is 6.42. The van der Waals surface area contributed by atoms with Crippen LogP contribution in [0.3, 0.4) is 0 Å². The summed E-state index contributed by atoms with van der Waals surface area (Å²) >= 11 is 0.